The minimum absolute atomic E-state index is 0.0320. The summed E-state index contributed by atoms with van der Waals surface area (Å²) in [5, 5.41) is 17.8. The Kier molecular flexibility index (Phi) is 11.5. The van der Waals surface area contributed by atoms with E-state index in [1.165, 1.54) is 22.5 Å². The van der Waals surface area contributed by atoms with Crippen molar-refractivity contribution in [1.29, 1.82) is 0 Å². The van der Waals surface area contributed by atoms with E-state index >= 15 is 0 Å². The summed E-state index contributed by atoms with van der Waals surface area (Å²) in [6.07, 6.45) is -1.83. The molecule has 3 amide bonds. The third-order valence-corrected chi connectivity index (χ3v) is 9.75. The van der Waals surface area contributed by atoms with Crippen molar-refractivity contribution < 1.29 is 27.9 Å². The Bertz CT molecular complexity index is 2000. The van der Waals surface area contributed by atoms with Crippen LogP contribution in [0.15, 0.2) is 132 Å². The van der Waals surface area contributed by atoms with Crippen LogP contribution in [0.2, 0.25) is 0 Å². The van der Waals surface area contributed by atoms with Crippen molar-refractivity contribution in [3.8, 4) is 0 Å². The van der Waals surface area contributed by atoms with Crippen LogP contribution in [0.5, 0.6) is 0 Å². The van der Waals surface area contributed by atoms with Crippen molar-refractivity contribution in [2.24, 2.45) is 5.73 Å². The van der Waals surface area contributed by atoms with Crippen molar-refractivity contribution in [1.82, 2.24) is 19.9 Å². The topological polar surface area (TPSA) is 172 Å². The summed E-state index contributed by atoms with van der Waals surface area (Å²) < 4.78 is 28.9. The standard InChI is InChI=1S/C37H37N5O6S/c38-35(44)23-33(41-36(45)31-21-20-28-16-10-11-19-30(28)39-31)37(46)40-32(22-26-12-4-1-5-13-26)34(43)25-42(24-27-14-6-2-7-15-27)49(47,48)29-17-8-3-9-18-29/h1-21,32-34,43H,22-25H2,(H2,38,44)(H,40,46)(H,41,45)/t32-,33-,34+/m0/s1. The minimum Gasteiger partial charge on any atom is -0.390 e. The number of fused-ring (bicyclic) bond motifs is 1. The first-order chi connectivity index (χ1) is 23.6. The largest absolute Gasteiger partial charge is 0.390 e. The third-order valence-electron chi connectivity index (χ3n) is 7.92. The summed E-state index contributed by atoms with van der Waals surface area (Å²) in [6.45, 7) is -0.419. The number of pyridine rings is 1. The van der Waals surface area contributed by atoms with Gasteiger partial charge in [-0.1, -0.05) is 103 Å². The third kappa shape index (κ3) is 9.35. The Hall–Kier alpha value is -5.43. The summed E-state index contributed by atoms with van der Waals surface area (Å²) in [6, 6.07) is 33.9. The molecule has 0 saturated carbocycles. The lowest BCUT2D eigenvalue weighted by molar-refractivity contribution is -0.128. The van der Waals surface area contributed by atoms with Crippen LogP contribution in [0.3, 0.4) is 0 Å². The lowest BCUT2D eigenvalue weighted by Crippen LogP contribution is -2.56. The fourth-order valence-electron chi connectivity index (χ4n) is 5.38. The number of nitrogens with one attached hydrogen (secondary N) is 2. The Morgan fingerprint density at radius 3 is 2.00 bits per heavy atom. The highest BCUT2D eigenvalue weighted by atomic mass is 32.2. The number of hydrogen-bond acceptors (Lipinski definition) is 7. The van der Waals surface area contributed by atoms with E-state index in [2.05, 4.69) is 15.6 Å². The number of aromatic nitrogens is 1. The molecule has 1 aromatic heterocycles. The molecule has 252 valence electrons. The number of para-hydroxylation sites is 1. The lowest BCUT2D eigenvalue weighted by Gasteiger charge is -2.31. The monoisotopic (exact) mass is 679 g/mol. The highest BCUT2D eigenvalue weighted by Crippen LogP contribution is 2.20. The number of hydrogen-bond donors (Lipinski definition) is 4. The van der Waals surface area contributed by atoms with Gasteiger partial charge in [-0.25, -0.2) is 13.4 Å². The van der Waals surface area contributed by atoms with Gasteiger partial charge in [-0.15, -0.1) is 0 Å². The first-order valence-corrected chi connectivity index (χ1v) is 17.1. The van der Waals surface area contributed by atoms with Crippen LogP contribution in [-0.2, 0) is 32.6 Å². The van der Waals surface area contributed by atoms with Crippen molar-refractivity contribution >= 4 is 38.6 Å². The van der Waals surface area contributed by atoms with Crippen LogP contribution < -0.4 is 16.4 Å². The van der Waals surface area contributed by atoms with E-state index in [1.54, 1.807) is 72.8 Å². The van der Waals surface area contributed by atoms with Gasteiger partial charge in [0.1, 0.15) is 11.7 Å². The van der Waals surface area contributed by atoms with Crippen molar-refractivity contribution in [2.45, 2.75) is 42.5 Å². The number of nitrogens with zero attached hydrogens (tertiary/aromatic N) is 2. The van der Waals surface area contributed by atoms with E-state index in [9.17, 15) is 27.9 Å². The van der Waals surface area contributed by atoms with E-state index in [4.69, 9.17) is 5.73 Å². The van der Waals surface area contributed by atoms with Crippen LogP contribution in [0.4, 0.5) is 0 Å². The molecule has 5 rings (SSSR count). The quantitative estimate of drug-likeness (QED) is 0.132. The lowest BCUT2D eigenvalue weighted by atomic mass is 10.00. The predicted molar refractivity (Wildman–Crippen MR) is 185 cm³/mol. The Labute approximate surface area is 284 Å². The number of nitrogens with two attached hydrogens (primary N) is 1. The molecular formula is C37H37N5O6S. The second kappa shape index (κ2) is 16.1. The molecule has 1 heterocycles. The minimum atomic E-state index is -4.09. The van der Waals surface area contributed by atoms with Gasteiger partial charge >= 0.3 is 0 Å². The maximum atomic E-state index is 13.9. The smallest absolute Gasteiger partial charge is 0.270 e. The average molecular weight is 680 g/mol. The number of rotatable bonds is 15. The summed E-state index contributed by atoms with van der Waals surface area (Å²) >= 11 is 0. The SMILES string of the molecule is NC(=O)C[C@H](NC(=O)c1ccc2ccccc2n1)C(=O)N[C@@H](Cc1ccccc1)[C@H](O)CN(Cc1ccccc1)S(=O)(=O)c1ccccc1. The molecule has 12 heteroatoms. The first kappa shape index (κ1) is 34.9. The molecule has 0 spiro atoms. The number of primary amides is 1. The van der Waals surface area contributed by atoms with Crippen LogP contribution >= 0.6 is 0 Å². The Morgan fingerprint density at radius 1 is 0.755 bits per heavy atom. The van der Waals surface area contributed by atoms with Gasteiger partial charge in [-0.2, -0.15) is 4.31 Å². The zero-order valence-electron chi connectivity index (χ0n) is 26.6. The molecule has 0 aliphatic heterocycles. The van der Waals surface area contributed by atoms with Crippen LogP contribution in [0.1, 0.15) is 28.0 Å². The molecule has 4 aromatic carbocycles. The number of aliphatic hydroxyl groups is 1. The molecule has 0 aliphatic rings. The molecule has 0 saturated heterocycles. The van der Waals surface area contributed by atoms with Gasteiger partial charge in [0.05, 0.1) is 29.0 Å². The van der Waals surface area contributed by atoms with Gasteiger partial charge in [-0.3, -0.25) is 14.4 Å². The van der Waals surface area contributed by atoms with Crippen LogP contribution in [0.25, 0.3) is 10.9 Å². The van der Waals surface area contributed by atoms with E-state index in [-0.39, 0.29) is 30.1 Å². The van der Waals surface area contributed by atoms with Crippen molar-refractivity contribution in [3.05, 3.63) is 144 Å². The summed E-state index contributed by atoms with van der Waals surface area (Å²) in [5.74, 6) is -2.32. The van der Waals surface area contributed by atoms with E-state index in [0.29, 0.717) is 11.1 Å². The van der Waals surface area contributed by atoms with E-state index < -0.39 is 52.4 Å². The second-order valence-electron chi connectivity index (χ2n) is 11.6. The molecule has 11 nitrogen and oxygen atoms in total. The second-order valence-corrected chi connectivity index (χ2v) is 13.5. The van der Waals surface area contributed by atoms with E-state index in [1.807, 2.05) is 36.4 Å². The molecule has 0 fully saturated rings. The zero-order valence-corrected chi connectivity index (χ0v) is 27.4. The van der Waals surface area contributed by atoms with Crippen molar-refractivity contribution in [3.63, 3.8) is 0 Å². The molecule has 3 atom stereocenters. The predicted octanol–water partition coefficient (Wildman–Crippen LogP) is 3.19. The zero-order chi connectivity index (χ0) is 34.8. The van der Waals surface area contributed by atoms with E-state index in [0.717, 1.165) is 10.9 Å². The van der Waals surface area contributed by atoms with Gasteiger partial charge < -0.3 is 21.5 Å². The van der Waals surface area contributed by atoms with Gasteiger partial charge in [0, 0.05) is 18.5 Å². The van der Waals surface area contributed by atoms with Gasteiger partial charge in [-0.05, 0) is 41.8 Å². The highest BCUT2D eigenvalue weighted by Gasteiger charge is 2.33. The van der Waals surface area contributed by atoms with Crippen LogP contribution in [0, 0.1) is 0 Å². The molecule has 5 aromatic rings. The summed E-state index contributed by atoms with van der Waals surface area (Å²) in [7, 11) is -4.09. The Balaban J connectivity index is 1.41. The number of carbonyl (C=O) groups excluding carboxylic acids is 3. The molecule has 5 N–H and O–H groups in total. The van der Waals surface area contributed by atoms with Crippen molar-refractivity contribution in [2.75, 3.05) is 6.54 Å². The average Bonchev–Trinajstić information content (AvgIpc) is 3.11. The number of benzene rings is 4. The highest BCUT2D eigenvalue weighted by molar-refractivity contribution is 7.89. The first-order valence-electron chi connectivity index (χ1n) is 15.7. The summed E-state index contributed by atoms with van der Waals surface area (Å²) in [4.78, 5) is 43.4. The molecule has 0 unspecified atom stereocenters. The maximum Gasteiger partial charge on any atom is 0.270 e. The molecule has 0 radical (unpaired) electrons. The maximum absolute atomic E-state index is 13.9. The number of carbonyl (C=O) groups is 3. The number of sulfonamides is 1. The van der Waals surface area contributed by atoms with Gasteiger partial charge in [0.15, 0.2) is 0 Å². The van der Waals surface area contributed by atoms with Gasteiger partial charge in [0.2, 0.25) is 21.8 Å². The number of amides is 3. The molecular weight excluding hydrogens is 643 g/mol. The van der Waals surface area contributed by atoms with Gasteiger partial charge in [0.25, 0.3) is 5.91 Å². The fraction of sp³-hybridized carbons (Fsp3) is 0.189. The normalized spacial score (nSPS) is 13.3. The molecule has 49 heavy (non-hydrogen) atoms. The molecule has 0 bridgehead atoms. The Morgan fingerprint density at radius 2 is 1.35 bits per heavy atom. The number of aliphatic hydroxyl groups excluding tert-OH is 1. The molecule has 0 aliphatic carbocycles. The van der Waals surface area contributed by atoms with Crippen LogP contribution in [-0.4, -0.2) is 65.3 Å². The fourth-order valence-corrected chi connectivity index (χ4v) is 6.85. The summed E-state index contributed by atoms with van der Waals surface area (Å²) in [5.41, 5.74) is 7.52.